The van der Waals surface area contributed by atoms with Crippen molar-refractivity contribution < 1.29 is 0 Å². The van der Waals surface area contributed by atoms with Crippen molar-refractivity contribution in [2.75, 3.05) is 0 Å². The van der Waals surface area contributed by atoms with Crippen LogP contribution in [0.1, 0.15) is 74.6 Å². The Morgan fingerprint density at radius 1 is 0.650 bits per heavy atom. The lowest BCUT2D eigenvalue weighted by atomic mass is 9.93. The van der Waals surface area contributed by atoms with Gasteiger partial charge in [0.25, 0.3) is 0 Å². The van der Waals surface area contributed by atoms with Crippen LogP contribution in [-0.2, 0) is 24.3 Å². The standard InChI is InChI=1S/C18H30S2/c1-3-5-7-9-15-11-17(13-19)18(14-20)12-16(15)10-8-6-4-2/h11-12,19-20H,3-10,13-14H2,1-2H3. The molecular weight excluding hydrogens is 280 g/mol. The van der Waals surface area contributed by atoms with E-state index < -0.39 is 0 Å². The molecule has 0 atom stereocenters. The minimum atomic E-state index is 0.825. The predicted octanol–water partition coefficient (Wildman–Crippen LogP) is 6.01. The Bertz CT molecular complexity index is 348. The van der Waals surface area contributed by atoms with E-state index in [2.05, 4.69) is 51.2 Å². The first-order valence-electron chi connectivity index (χ1n) is 8.12. The average molecular weight is 311 g/mol. The smallest absolute Gasteiger partial charge is 0.0157 e. The first-order valence-corrected chi connectivity index (χ1v) is 9.38. The van der Waals surface area contributed by atoms with Crippen LogP contribution in [0, 0.1) is 0 Å². The summed E-state index contributed by atoms with van der Waals surface area (Å²) in [7, 11) is 0. The molecule has 0 fully saturated rings. The van der Waals surface area contributed by atoms with Crippen molar-refractivity contribution in [3.63, 3.8) is 0 Å². The van der Waals surface area contributed by atoms with Crippen LogP contribution in [0.25, 0.3) is 0 Å². The molecular formula is C18H30S2. The maximum absolute atomic E-state index is 4.48. The summed E-state index contributed by atoms with van der Waals surface area (Å²) < 4.78 is 0. The molecule has 1 aromatic carbocycles. The van der Waals surface area contributed by atoms with Gasteiger partial charge in [-0.3, -0.25) is 0 Å². The Balaban J connectivity index is 2.89. The molecule has 2 heteroatoms. The van der Waals surface area contributed by atoms with Gasteiger partial charge < -0.3 is 0 Å². The van der Waals surface area contributed by atoms with Gasteiger partial charge in [-0.1, -0.05) is 51.7 Å². The fourth-order valence-electron chi connectivity index (χ4n) is 2.68. The summed E-state index contributed by atoms with van der Waals surface area (Å²) in [5, 5.41) is 0. The molecule has 0 saturated carbocycles. The summed E-state index contributed by atoms with van der Waals surface area (Å²) in [5.74, 6) is 1.65. The molecule has 1 aromatic rings. The molecule has 0 aromatic heterocycles. The topological polar surface area (TPSA) is 0 Å². The molecule has 0 aliphatic heterocycles. The summed E-state index contributed by atoms with van der Waals surface area (Å²) in [5.41, 5.74) is 5.86. The van der Waals surface area contributed by atoms with E-state index in [-0.39, 0.29) is 0 Å². The second-order valence-corrected chi connectivity index (χ2v) is 6.25. The van der Waals surface area contributed by atoms with E-state index >= 15 is 0 Å². The molecule has 0 radical (unpaired) electrons. The number of aryl methyl sites for hydroxylation is 2. The van der Waals surface area contributed by atoms with Gasteiger partial charge in [0.2, 0.25) is 0 Å². The average Bonchev–Trinajstić information content (AvgIpc) is 2.48. The normalized spacial score (nSPS) is 11.0. The largest absolute Gasteiger partial charge is 0.175 e. The molecule has 0 N–H and O–H groups in total. The number of unbranched alkanes of at least 4 members (excludes halogenated alkanes) is 4. The minimum absolute atomic E-state index is 0.825. The lowest BCUT2D eigenvalue weighted by Crippen LogP contribution is -2.01. The monoisotopic (exact) mass is 310 g/mol. The highest BCUT2D eigenvalue weighted by Gasteiger charge is 2.08. The van der Waals surface area contributed by atoms with Gasteiger partial charge in [-0.2, -0.15) is 25.3 Å². The zero-order valence-electron chi connectivity index (χ0n) is 13.1. The van der Waals surface area contributed by atoms with E-state index in [1.165, 1.54) is 62.5 Å². The Hall–Kier alpha value is -0.0800. The van der Waals surface area contributed by atoms with Gasteiger partial charge in [0.05, 0.1) is 0 Å². The van der Waals surface area contributed by atoms with E-state index in [1.807, 2.05) is 0 Å². The minimum Gasteiger partial charge on any atom is -0.175 e. The predicted molar refractivity (Wildman–Crippen MR) is 98.3 cm³/mol. The quantitative estimate of drug-likeness (QED) is 0.383. The van der Waals surface area contributed by atoms with E-state index in [0.717, 1.165) is 11.5 Å². The zero-order chi connectivity index (χ0) is 14.8. The van der Waals surface area contributed by atoms with E-state index in [0.29, 0.717) is 0 Å². The van der Waals surface area contributed by atoms with Gasteiger partial charge in [0.1, 0.15) is 0 Å². The number of rotatable bonds is 10. The molecule has 114 valence electrons. The third-order valence-corrected chi connectivity index (χ3v) is 4.64. The van der Waals surface area contributed by atoms with Crippen molar-refractivity contribution >= 4 is 25.3 Å². The Morgan fingerprint density at radius 3 is 1.35 bits per heavy atom. The molecule has 0 heterocycles. The second-order valence-electron chi connectivity index (χ2n) is 5.62. The van der Waals surface area contributed by atoms with Crippen molar-refractivity contribution in [2.45, 2.75) is 76.7 Å². The van der Waals surface area contributed by atoms with Crippen LogP contribution in [0.2, 0.25) is 0 Å². The molecule has 0 aliphatic carbocycles. The maximum atomic E-state index is 4.48. The molecule has 0 spiro atoms. The molecule has 0 saturated heterocycles. The molecule has 20 heavy (non-hydrogen) atoms. The van der Waals surface area contributed by atoms with Gasteiger partial charge in [0.15, 0.2) is 0 Å². The summed E-state index contributed by atoms with van der Waals surface area (Å²) in [6.07, 6.45) is 10.3. The summed E-state index contributed by atoms with van der Waals surface area (Å²) in [6, 6.07) is 4.80. The zero-order valence-corrected chi connectivity index (χ0v) is 14.9. The summed E-state index contributed by atoms with van der Waals surface area (Å²) in [4.78, 5) is 0. The Kier molecular flexibility index (Phi) is 9.54. The highest BCUT2D eigenvalue weighted by molar-refractivity contribution is 7.79. The van der Waals surface area contributed by atoms with E-state index in [1.54, 1.807) is 11.1 Å². The lowest BCUT2D eigenvalue weighted by Gasteiger charge is -2.15. The van der Waals surface area contributed by atoms with Crippen molar-refractivity contribution in [3.8, 4) is 0 Å². The van der Waals surface area contributed by atoms with Crippen molar-refractivity contribution in [1.82, 2.24) is 0 Å². The van der Waals surface area contributed by atoms with Gasteiger partial charge in [0, 0.05) is 11.5 Å². The third-order valence-electron chi connectivity index (χ3n) is 3.96. The molecule has 0 amide bonds. The first-order chi connectivity index (χ1) is 9.76. The fourth-order valence-corrected chi connectivity index (χ4v) is 3.27. The van der Waals surface area contributed by atoms with Crippen LogP contribution >= 0.6 is 25.3 Å². The van der Waals surface area contributed by atoms with E-state index in [9.17, 15) is 0 Å². The summed E-state index contributed by atoms with van der Waals surface area (Å²) in [6.45, 7) is 4.54. The maximum Gasteiger partial charge on any atom is 0.0157 e. The van der Waals surface area contributed by atoms with Crippen LogP contribution in [0.5, 0.6) is 0 Å². The van der Waals surface area contributed by atoms with Crippen molar-refractivity contribution in [3.05, 3.63) is 34.4 Å². The van der Waals surface area contributed by atoms with Crippen LogP contribution in [0.3, 0.4) is 0 Å². The van der Waals surface area contributed by atoms with Crippen molar-refractivity contribution in [1.29, 1.82) is 0 Å². The number of thiol groups is 2. The van der Waals surface area contributed by atoms with Crippen LogP contribution in [0.15, 0.2) is 12.1 Å². The van der Waals surface area contributed by atoms with Gasteiger partial charge in [-0.05, 0) is 47.9 Å². The lowest BCUT2D eigenvalue weighted by molar-refractivity contribution is 0.692. The SMILES string of the molecule is CCCCCc1cc(CS)c(CS)cc1CCCCC. The Morgan fingerprint density at radius 2 is 1.05 bits per heavy atom. The third kappa shape index (κ3) is 5.73. The molecule has 0 aliphatic rings. The first kappa shape index (κ1) is 18.0. The molecule has 1 rings (SSSR count). The summed E-state index contributed by atoms with van der Waals surface area (Å²) >= 11 is 8.95. The van der Waals surface area contributed by atoms with Gasteiger partial charge in [-0.25, -0.2) is 0 Å². The van der Waals surface area contributed by atoms with Crippen molar-refractivity contribution in [2.24, 2.45) is 0 Å². The Labute approximate surface area is 136 Å². The molecule has 0 nitrogen and oxygen atoms in total. The fraction of sp³-hybridized carbons (Fsp3) is 0.667. The van der Waals surface area contributed by atoms with Crippen LogP contribution < -0.4 is 0 Å². The number of benzene rings is 1. The van der Waals surface area contributed by atoms with Gasteiger partial charge in [-0.15, -0.1) is 0 Å². The number of hydrogen-bond acceptors (Lipinski definition) is 2. The molecule has 0 unspecified atom stereocenters. The van der Waals surface area contributed by atoms with Crippen LogP contribution in [-0.4, -0.2) is 0 Å². The molecule has 0 bridgehead atoms. The van der Waals surface area contributed by atoms with Crippen LogP contribution in [0.4, 0.5) is 0 Å². The highest BCUT2D eigenvalue weighted by atomic mass is 32.1. The highest BCUT2D eigenvalue weighted by Crippen LogP contribution is 2.24. The van der Waals surface area contributed by atoms with Gasteiger partial charge >= 0.3 is 0 Å². The second kappa shape index (κ2) is 10.6. The number of hydrogen-bond donors (Lipinski definition) is 2. The van der Waals surface area contributed by atoms with E-state index in [4.69, 9.17) is 0 Å².